The second-order valence-electron chi connectivity index (χ2n) is 4.63. The van der Waals surface area contributed by atoms with E-state index >= 15 is 0 Å². The minimum Gasteiger partial charge on any atom is -0.481 e. The second-order valence-corrected chi connectivity index (χ2v) is 5.55. The fourth-order valence-corrected chi connectivity index (χ4v) is 2.23. The largest absolute Gasteiger partial charge is 0.481 e. The number of hydrogen-bond donors (Lipinski definition) is 3. The number of hydrogen-bond acceptors (Lipinski definition) is 2. The Balaban J connectivity index is 2.26. The molecule has 0 saturated carbocycles. The number of urea groups is 1. The maximum absolute atomic E-state index is 11.6. The van der Waals surface area contributed by atoms with Gasteiger partial charge < -0.3 is 15.7 Å². The van der Waals surface area contributed by atoms with Gasteiger partial charge in [0.05, 0.1) is 0 Å². The third kappa shape index (κ3) is 7.13. The van der Waals surface area contributed by atoms with E-state index < -0.39 is 5.97 Å². The van der Waals surface area contributed by atoms with E-state index in [1.807, 2.05) is 31.2 Å². The minimum absolute atomic E-state index is 0.00349. The molecule has 0 spiro atoms. The van der Waals surface area contributed by atoms with E-state index in [4.69, 9.17) is 5.11 Å². The van der Waals surface area contributed by atoms with Crippen LogP contribution in [-0.4, -0.2) is 29.7 Å². The highest BCUT2D eigenvalue weighted by Crippen LogP contribution is 2.12. The predicted molar refractivity (Wildman–Crippen MR) is 80.7 cm³/mol. The van der Waals surface area contributed by atoms with Crippen molar-refractivity contribution in [3.8, 4) is 0 Å². The summed E-state index contributed by atoms with van der Waals surface area (Å²) < 4.78 is 1.01. The number of benzene rings is 1. The molecule has 0 aromatic heterocycles. The third-order valence-electron chi connectivity index (χ3n) is 2.66. The van der Waals surface area contributed by atoms with Gasteiger partial charge in [-0.25, -0.2) is 4.79 Å². The predicted octanol–water partition coefficient (Wildman–Crippen LogP) is 2.54. The summed E-state index contributed by atoms with van der Waals surface area (Å²) in [5.41, 5.74) is 1.14. The Labute approximate surface area is 126 Å². The zero-order valence-electron chi connectivity index (χ0n) is 11.4. The Bertz CT molecular complexity index is 465. The SMILES string of the molecule is CC(Cc1cccc(Br)c1)NC(=O)NCCCC(=O)O. The molecule has 1 rings (SSSR count). The van der Waals surface area contributed by atoms with Gasteiger partial charge in [0.15, 0.2) is 0 Å². The molecule has 110 valence electrons. The zero-order chi connectivity index (χ0) is 15.0. The number of halogens is 1. The summed E-state index contributed by atoms with van der Waals surface area (Å²) in [5.74, 6) is -0.852. The van der Waals surface area contributed by atoms with Gasteiger partial charge in [0.25, 0.3) is 0 Å². The molecule has 1 aromatic rings. The zero-order valence-corrected chi connectivity index (χ0v) is 12.9. The lowest BCUT2D eigenvalue weighted by Gasteiger charge is -2.14. The molecule has 0 aliphatic rings. The van der Waals surface area contributed by atoms with Crippen molar-refractivity contribution >= 4 is 27.9 Å². The first-order valence-corrected chi connectivity index (χ1v) is 7.27. The first-order chi connectivity index (χ1) is 9.47. The Hall–Kier alpha value is -1.56. The van der Waals surface area contributed by atoms with Gasteiger partial charge >= 0.3 is 12.0 Å². The molecule has 1 atom stereocenters. The Morgan fingerprint density at radius 3 is 2.80 bits per heavy atom. The topological polar surface area (TPSA) is 78.4 Å². The molecule has 6 heteroatoms. The molecule has 0 saturated heterocycles. The van der Waals surface area contributed by atoms with E-state index in [2.05, 4.69) is 26.6 Å². The van der Waals surface area contributed by atoms with Crippen LogP contribution >= 0.6 is 15.9 Å². The molecule has 5 nitrogen and oxygen atoms in total. The van der Waals surface area contributed by atoms with Crippen LogP contribution in [0.2, 0.25) is 0 Å². The molecule has 1 aromatic carbocycles. The lowest BCUT2D eigenvalue weighted by molar-refractivity contribution is -0.137. The first-order valence-electron chi connectivity index (χ1n) is 6.48. The number of rotatable bonds is 7. The third-order valence-corrected chi connectivity index (χ3v) is 3.15. The standard InChI is InChI=1S/C14H19BrN2O3/c1-10(8-11-4-2-5-12(15)9-11)17-14(20)16-7-3-6-13(18)19/h2,4-5,9-10H,3,6-8H2,1H3,(H,18,19)(H2,16,17,20). The van der Waals surface area contributed by atoms with Crippen LogP contribution in [0.25, 0.3) is 0 Å². The lowest BCUT2D eigenvalue weighted by atomic mass is 10.1. The molecule has 0 aliphatic heterocycles. The van der Waals surface area contributed by atoms with Crippen LogP contribution in [0.5, 0.6) is 0 Å². The highest BCUT2D eigenvalue weighted by Gasteiger charge is 2.08. The molecule has 1 unspecified atom stereocenters. The number of carboxylic acid groups (broad SMARTS) is 1. The number of amides is 2. The van der Waals surface area contributed by atoms with Crippen molar-refractivity contribution in [2.75, 3.05) is 6.54 Å². The second kappa shape index (κ2) is 8.58. The number of carbonyl (C=O) groups excluding carboxylic acids is 1. The van der Waals surface area contributed by atoms with Crippen molar-refractivity contribution in [1.29, 1.82) is 0 Å². The maximum Gasteiger partial charge on any atom is 0.315 e. The monoisotopic (exact) mass is 342 g/mol. The van der Waals surface area contributed by atoms with E-state index in [9.17, 15) is 9.59 Å². The van der Waals surface area contributed by atoms with Crippen LogP contribution in [0.4, 0.5) is 4.79 Å². The van der Waals surface area contributed by atoms with E-state index in [-0.39, 0.29) is 18.5 Å². The number of aliphatic carboxylic acids is 1. The highest BCUT2D eigenvalue weighted by molar-refractivity contribution is 9.10. The molecule has 0 fully saturated rings. The summed E-state index contributed by atoms with van der Waals surface area (Å²) in [7, 11) is 0. The molecular weight excluding hydrogens is 324 g/mol. The van der Waals surface area contributed by atoms with Crippen LogP contribution in [-0.2, 0) is 11.2 Å². The van der Waals surface area contributed by atoms with E-state index in [1.165, 1.54) is 0 Å². The van der Waals surface area contributed by atoms with E-state index in [0.29, 0.717) is 13.0 Å². The van der Waals surface area contributed by atoms with Gasteiger partial charge in [-0.2, -0.15) is 0 Å². The van der Waals surface area contributed by atoms with Gasteiger partial charge in [0.1, 0.15) is 0 Å². The fraction of sp³-hybridized carbons (Fsp3) is 0.429. The Morgan fingerprint density at radius 2 is 2.15 bits per heavy atom. The van der Waals surface area contributed by atoms with Gasteiger partial charge in [-0.1, -0.05) is 28.1 Å². The Kier molecular flexibility index (Phi) is 7.08. The summed E-state index contributed by atoms with van der Waals surface area (Å²) in [4.78, 5) is 21.9. The van der Waals surface area contributed by atoms with Gasteiger partial charge in [-0.05, 0) is 37.5 Å². The van der Waals surface area contributed by atoms with Crippen LogP contribution in [0.3, 0.4) is 0 Å². The highest BCUT2D eigenvalue weighted by atomic mass is 79.9. The van der Waals surface area contributed by atoms with Gasteiger partial charge in [-0.15, -0.1) is 0 Å². The van der Waals surface area contributed by atoms with Crippen LogP contribution in [0.15, 0.2) is 28.7 Å². The normalized spacial score (nSPS) is 11.7. The molecule has 20 heavy (non-hydrogen) atoms. The smallest absolute Gasteiger partial charge is 0.315 e. The van der Waals surface area contributed by atoms with Crippen molar-refractivity contribution in [2.45, 2.75) is 32.2 Å². The molecule has 0 aliphatic carbocycles. The van der Waals surface area contributed by atoms with Gasteiger partial charge in [0, 0.05) is 23.5 Å². The average Bonchev–Trinajstić information content (AvgIpc) is 2.34. The average molecular weight is 343 g/mol. The summed E-state index contributed by atoms with van der Waals surface area (Å²) >= 11 is 3.41. The van der Waals surface area contributed by atoms with Crippen LogP contribution < -0.4 is 10.6 Å². The fourth-order valence-electron chi connectivity index (χ4n) is 1.78. The van der Waals surface area contributed by atoms with Crippen molar-refractivity contribution in [1.82, 2.24) is 10.6 Å². The molecule has 0 heterocycles. The maximum atomic E-state index is 11.6. The lowest BCUT2D eigenvalue weighted by Crippen LogP contribution is -2.42. The van der Waals surface area contributed by atoms with Crippen LogP contribution in [0.1, 0.15) is 25.3 Å². The van der Waals surface area contributed by atoms with E-state index in [0.717, 1.165) is 16.5 Å². The summed E-state index contributed by atoms with van der Waals surface area (Å²) in [6.45, 7) is 2.29. The molecule has 3 N–H and O–H groups in total. The van der Waals surface area contributed by atoms with Crippen LogP contribution in [0, 0.1) is 0 Å². The van der Waals surface area contributed by atoms with Gasteiger partial charge in [-0.3, -0.25) is 4.79 Å². The number of carbonyl (C=O) groups is 2. The van der Waals surface area contributed by atoms with Gasteiger partial charge in [0.2, 0.25) is 0 Å². The summed E-state index contributed by atoms with van der Waals surface area (Å²) in [6, 6.07) is 7.67. The number of nitrogens with one attached hydrogen (secondary N) is 2. The first kappa shape index (κ1) is 16.5. The molecule has 0 radical (unpaired) electrons. The summed E-state index contributed by atoms with van der Waals surface area (Å²) in [5, 5.41) is 13.9. The molecular formula is C14H19BrN2O3. The summed E-state index contributed by atoms with van der Waals surface area (Å²) in [6.07, 6.45) is 1.23. The van der Waals surface area contributed by atoms with E-state index in [1.54, 1.807) is 0 Å². The molecule has 2 amide bonds. The molecule has 0 bridgehead atoms. The number of carboxylic acids is 1. The van der Waals surface area contributed by atoms with Crippen molar-refractivity contribution in [3.63, 3.8) is 0 Å². The van der Waals surface area contributed by atoms with Crippen molar-refractivity contribution in [2.24, 2.45) is 0 Å². The van der Waals surface area contributed by atoms with Crippen molar-refractivity contribution in [3.05, 3.63) is 34.3 Å². The minimum atomic E-state index is -0.852. The Morgan fingerprint density at radius 1 is 1.40 bits per heavy atom. The quantitative estimate of drug-likeness (QED) is 0.666. The van der Waals surface area contributed by atoms with Crippen molar-refractivity contribution < 1.29 is 14.7 Å².